The fourth-order valence-electron chi connectivity index (χ4n) is 2.93. The van der Waals surface area contributed by atoms with Crippen LogP contribution in [0.5, 0.6) is 0 Å². The maximum atomic E-state index is 12.1. The number of ether oxygens (including phenoxy) is 1. The number of aliphatic hydroxyl groups excluding tert-OH is 1. The van der Waals surface area contributed by atoms with E-state index in [-0.39, 0.29) is 17.4 Å². The van der Waals surface area contributed by atoms with Crippen molar-refractivity contribution >= 4 is 17.8 Å². The first-order valence-electron chi connectivity index (χ1n) is 7.48. The summed E-state index contributed by atoms with van der Waals surface area (Å²) in [6, 6.07) is 0. The second-order valence-corrected chi connectivity index (χ2v) is 6.58. The number of hydrogen-bond acceptors (Lipinski definition) is 5. The fourth-order valence-corrected chi connectivity index (χ4v) is 2.93. The quantitative estimate of drug-likeness (QED) is 0.593. The molecule has 23 heavy (non-hydrogen) atoms. The van der Waals surface area contributed by atoms with Crippen molar-refractivity contribution < 1.29 is 29.3 Å². The molecule has 0 saturated carbocycles. The number of amides is 2. The van der Waals surface area contributed by atoms with Crippen LogP contribution in [-0.2, 0) is 19.1 Å². The van der Waals surface area contributed by atoms with Gasteiger partial charge in [0, 0.05) is 18.9 Å². The molecule has 1 saturated heterocycles. The monoisotopic (exact) mass is 326 g/mol. The maximum absolute atomic E-state index is 12.1. The number of carboxylic acids is 1. The third-order valence-corrected chi connectivity index (χ3v) is 4.24. The van der Waals surface area contributed by atoms with Gasteiger partial charge < -0.3 is 20.3 Å². The molecule has 0 aromatic rings. The smallest absolute Gasteiger partial charge is 0.356 e. The first-order chi connectivity index (χ1) is 10.6. The van der Waals surface area contributed by atoms with Gasteiger partial charge in [0.15, 0.2) is 11.9 Å². The Balaban J connectivity index is 2.25. The van der Waals surface area contributed by atoms with Gasteiger partial charge >= 0.3 is 5.97 Å². The molecule has 1 fully saturated rings. The molecule has 2 aliphatic rings. The lowest BCUT2D eigenvalue weighted by Gasteiger charge is -2.42. The highest BCUT2D eigenvalue weighted by molar-refractivity contribution is 5.98. The lowest BCUT2D eigenvalue weighted by atomic mass is 9.85. The van der Waals surface area contributed by atoms with Crippen LogP contribution < -0.4 is 5.32 Å². The van der Waals surface area contributed by atoms with Crippen LogP contribution in [0.1, 0.15) is 34.1 Å². The van der Waals surface area contributed by atoms with E-state index >= 15 is 0 Å². The number of hydrogen-bond donors (Lipinski definition) is 3. The Morgan fingerprint density at radius 2 is 2.04 bits per heavy atom. The normalized spacial score (nSPS) is 24.7. The summed E-state index contributed by atoms with van der Waals surface area (Å²) < 4.78 is 5.73. The molecule has 2 heterocycles. The second-order valence-electron chi connectivity index (χ2n) is 6.58. The Hall–Kier alpha value is -2.09. The lowest BCUT2D eigenvalue weighted by molar-refractivity contribution is -0.183. The predicted molar refractivity (Wildman–Crippen MR) is 78.6 cm³/mol. The molecule has 3 atom stereocenters. The number of fused-ring (bicyclic) bond motifs is 1. The standard InChI is InChI=1S/C15H22N2O6/c1-7(18)9-12(20)17-10(14(21)22)11(23-13(9)17)15(3,4)5-6-16-8(2)19/h7,9,13,18H,5-6H2,1-4H3,(H,16,19)(H,21,22)/t7-,9+,13-/m1/s1. The van der Waals surface area contributed by atoms with Crippen molar-refractivity contribution in [2.75, 3.05) is 6.54 Å². The van der Waals surface area contributed by atoms with Crippen molar-refractivity contribution in [2.24, 2.45) is 11.3 Å². The number of carboxylic acid groups (broad SMARTS) is 1. The molecule has 8 nitrogen and oxygen atoms in total. The number of aliphatic hydroxyl groups is 1. The van der Waals surface area contributed by atoms with E-state index in [1.54, 1.807) is 13.8 Å². The highest BCUT2D eigenvalue weighted by atomic mass is 16.5. The van der Waals surface area contributed by atoms with Gasteiger partial charge in [-0.25, -0.2) is 4.79 Å². The highest BCUT2D eigenvalue weighted by Crippen LogP contribution is 2.47. The molecule has 2 amide bonds. The molecule has 2 aliphatic heterocycles. The van der Waals surface area contributed by atoms with Gasteiger partial charge in [0.25, 0.3) is 0 Å². The van der Waals surface area contributed by atoms with Gasteiger partial charge in [0.05, 0.1) is 6.10 Å². The Labute approximate surface area is 134 Å². The van der Waals surface area contributed by atoms with Crippen LogP contribution >= 0.6 is 0 Å². The van der Waals surface area contributed by atoms with E-state index in [0.29, 0.717) is 13.0 Å². The number of aliphatic carboxylic acids is 1. The van der Waals surface area contributed by atoms with Crippen LogP contribution in [0.2, 0.25) is 0 Å². The number of carbonyl (C=O) groups is 3. The fraction of sp³-hybridized carbons (Fsp3) is 0.667. The van der Waals surface area contributed by atoms with E-state index in [9.17, 15) is 24.6 Å². The Morgan fingerprint density at radius 3 is 2.52 bits per heavy atom. The molecule has 0 aromatic carbocycles. The number of nitrogens with zero attached hydrogens (tertiary/aromatic N) is 1. The van der Waals surface area contributed by atoms with Crippen LogP contribution in [0.3, 0.4) is 0 Å². The molecule has 8 heteroatoms. The summed E-state index contributed by atoms with van der Waals surface area (Å²) in [6.07, 6.45) is -1.24. The van der Waals surface area contributed by atoms with Gasteiger partial charge in [-0.1, -0.05) is 13.8 Å². The summed E-state index contributed by atoms with van der Waals surface area (Å²) in [7, 11) is 0. The predicted octanol–water partition coefficient (Wildman–Crippen LogP) is 0.0305. The van der Waals surface area contributed by atoms with Crippen molar-refractivity contribution in [1.29, 1.82) is 0 Å². The minimum absolute atomic E-state index is 0.172. The van der Waals surface area contributed by atoms with Gasteiger partial charge in [-0.2, -0.15) is 0 Å². The highest BCUT2D eigenvalue weighted by Gasteiger charge is 2.60. The van der Waals surface area contributed by atoms with Gasteiger partial charge in [-0.15, -0.1) is 0 Å². The summed E-state index contributed by atoms with van der Waals surface area (Å²) in [5, 5.41) is 21.8. The van der Waals surface area contributed by atoms with Gasteiger partial charge in [0.2, 0.25) is 11.8 Å². The number of allylic oxidation sites excluding steroid dienone is 1. The molecule has 128 valence electrons. The van der Waals surface area contributed by atoms with E-state index < -0.39 is 35.5 Å². The van der Waals surface area contributed by atoms with E-state index in [0.717, 1.165) is 4.90 Å². The molecule has 2 rings (SSSR count). The Bertz CT molecular complexity index is 581. The minimum atomic E-state index is -1.24. The first-order valence-corrected chi connectivity index (χ1v) is 7.48. The number of β-lactam (4-membered cyclic amide) rings is 1. The van der Waals surface area contributed by atoms with Gasteiger partial charge in [-0.05, 0) is 13.3 Å². The second kappa shape index (κ2) is 5.84. The molecular weight excluding hydrogens is 304 g/mol. The van der Waals surface area contributed by atoms with Crippen molar-refractivity contribution in [3.63, 3.8) is 0 Å². The van der Waals surface area contributed by atoms with Crippen molar-refractivity contribution in [3.8, 4) is 0 Å². The molecule has 0 unspecified atom stereocenters. The van der Waals surface area contributed by atoms with Gasteiger partial charge in [0.1, 0.15) is 11.7 Å². The number of rotatable bonds is 6. The Morgan fingerprint density at radius 1 is 1.43 bits per heavy atom. The van der Waals surface area contributed by atoms with Gasteiger partial charge in [-0.3, -0.25) is 14.5 Å². The molecule has 0 spiro atoms. The van der Waals surface area contributed by atoms with Crippen molar-refractivity contribution in [3.05, 3.63) is 11.5 Å². The zero-order valence-corrected chi connectivity index (χ0v) is 13.6. The van der Waals surface area contributed by atoms with E-state index in [4.69, 9.17) is 4.74 Å². The first kappa shape index (κ1) is 17.3. The van der Waals surface area contributed by atoms with Crippen LogP contribution in [-0.4, -0.2) is 51.8 Å². The summed E-state index contributed by atoms with van der Waals surface area (Å²) >= 11 is 0. The third-order valence-electron chi connectivity index (χ3n) is 4.24. The van der Waals surface area contributed by atoms with Crippen LogP contribution in [0, 0.1) is 11.3 Å². The van der Waals surface area contributed by atoms with Crippen molar-refractivity contribution in [1.82, 2.24) is 10.2 Å². The van der Waals surface area contributed by atoms with E-state index in [1.165, 1.54) is 13.8 Å². The molecular formula is C15H22N2O6. The maximum Gasteiger partial charge on any atom is 0.356 e. The summed E-state index contributed by atoms with van der Waals surface area (Å²) in [6.45, 7) is 6.82. The summed E-state index contributed by atoms with van der Waals surface area (Å²) in [5.74, 6) is -2.42. The summed E-state index contributed by atoms with van der Waals surface area (Å²) in [4.78, 5) is 35.8. The van der Waals surface area contributed by atoms with Crippen LogP contribution in [0.4, 0.5) is 0 Å². The molecule has 0 aliphatic carbocycles. The number of nitrogens with one attached hydrogen (secondary N) is 1. The molecule has 3 N–H and O–H groups in total. The number of carbonyl (C=O) groups excluding carboxylic acids is 2. The van der Waals surface area contributed by atoms with E-state index in [2.05, 4.69) is 5.32 Å². The molecule has 0 radical (unpaired) electrons. The van der Waals surface area contributed by atoms with Crippen LogP contribution in [0.15, 0.2) is 11.5 Å². The topological polar surface area (TPSA) is 116 Å². The zero-order chi connectivity index (χ0) is 17.5. The lowest BCUT2D eigenvalue weighted by Crippen LogP contribution is -2.62. The zero-order valence-electron chi connectivity index (χ0n) is 13.6. The Kier molecular flexibility index (Phi) is 4.39. The average Bonchev–Trinajstić information content (AvgIpc) is 2.73. The average molecular weight is 326 g/mol. The SMILES string of the molecule is CC(=O)NCCC(C)(C)C1=C(C(=O)O)N2C(=O)[C@H]([C@@H](C)O)[C@H]2O1. The minimum Gasteiger partial charge on any atom is -0.476 e. The van der Waals surface area contributed by atoms with E-state index in [1.807, 2.05) is 0 Å². The molecule has 0 aromatic heterocycles. The van der Waals surface area contributed by atoms with Crippen molar-refractivity contribution in [2.45, 2.75) is 46.4 Å². The third kappa shape index (κ3) is 2.90. The summed E-state index contributed by atoms with van der Waals surface area (Å²) in [5.41, 5.74) is -0.860. The van der Waals surface area contributed by atoms with Crippen LogP contribution in [0.25, 0.3) is 0 Å². The largest absolute Gasteiger partial charge is 0.476 e. The molecule has 0 bridgehead atoms.